The minimum Gasteiger partial charge on any atom is -0.237 e. The summed E-state index contributed by atoms with van der Waals surface area (Å²) in [5.41, 5.74) is 0. The van der Waals surface area contributed by atoms with E-state index in [4.69, 9.17) is 0 Å². The van der Waals surface area contributed by atoms with Gasteiger partial charge in [0, 0.05) is 0 Å². The molecule has 0 aliphatic heterocycles. The van der Waals surface area contributed by atoms with Crippen molar-refractivity contribution in [3.8, 4) is 0 Å². The molecule has 2 atom stereocenters. The largest absolute Gasteiger partial charge is 0.237 e. The fraction of sp³-hybridized carbons (Fsp3) is 1.00. The summed E-state index contributed by atoms with van der Waals surface area (Å²) in [6.07, 6.45) is 27.4. The zero-order valence-electron chi connectivity index (χ0n) is 19.4. The third kappa shape index (κ3) is 19.1. The van der Waals surface area contributed by atoms with Crippen LogP contribution in [0.3, 0.4) is 0 Å². The summed E-state index contributed by atoms with van der Waals surface area (Å²) < 4.78 is 0. The molecule has 0 aromatic heterocycles. The van der Waals surface area contributed by atoms with E-state index in [1.165, 1.54) is 122 Å². The van der Waals surface area contributed by atoms with E-state index in [1.54, 1.807) is 0 Å². The average molecular weight is 382 g/mol. The molecule has 0 spiro atoms. The zero-order valence-corrected chi connectivity index (χ0v) is 19.4. The molecule has 1 nitrogen and oxygen atoms in total. The van der Waals surface area contributed by atoms with Gasteiger partial charge in [-0.15, -0.1) is 0 Å². The maximum atomic E-state index is 11.2. The van der Waals surface area contributed by atoms with Crippen LogP contribution in [0.2, 0.25) is 0 Å². The fourth-order valence-electron chi connectivity index (χ4n) is 4.48. The molecule has 0 amide bonds. The van der Waals surface area contributed by atoms with Crippen molar-refractivity contribution >= 4 is 0 Å². The summed E-state index contributed by atoms with van der Waals surface area (Å²) >= 11 is 0. The van der Waals surface area contributed by atoms with Crippen LogP contribution in [0, 0.1) is 11.8 Å². The van der Waals surface area contributed by atoms with Crippen molar-refractivity contribution in [3.63, 3.8) is 0 Å². The van der Waals surface area contributed by atoms with Gasteiger partial charge in [-0.05, 0) is 24.7 Å². The molecular formula is C26H53O. The molecule has 0 bridgehead atoms. The van der Waals surface area contributed by atoms with Crippen LogP contribution in [0.25, 0.3) is 0 Å². The van der Waals surface area contributed by atoms with Crippen LogP contribution >= 0.6 is 0 Å². The Labute approximate surface area is 173 Å². The predicted molar refractivity (Wildman–Crippen MR) is 122 cm³/mol. The number of unbranched alkanes of at least 4 members (excludes halogenated alkanes) is 12. The molecule has 163 valence electrons. The molecule has 0 N–H and O–H groups in total. The van der Waals surface area contributed by atoms with Crippen molar-refractivity contribution < 1.29 is 5.11 Å². The van der Waals surface area contributed by atoms with Gasteiger partial charge in [-0.3, -0.25) is 0 Å². The van der Waals surface area contributed by atoms with Crippen LogP contribution in [-0.4, -0.2) is 6.61 Å². The van der Waals surface area contributed by atoms with Crippen LogP contribution in [-0.2, 0) is 5.11 Å². The van der Waals surface area contributed by atoms with Gasteiger partial charge in [0.1, 0.15) is 0 Å². The smallest absolute Gasteiger partial charge is 0.0825 e. The topological polar surface area (TPSA) is 19.9 Å². The van der Waals surface area contributed by atoms with Crippen LogP contribution in [0.5, 0.6) is 0 Å². The van der Waals surface area contributed by atoms with Gasteiger partial charge in [-0.2, -0.15) is 0 Å². The summed E-state index contributed by atoms with van der Waals surface area (Å²) in [5.74, 6) is 1.59. The molecule has 0 aliphatic rings. The second-order valence-electron chi connectivity index (χ2n) is 9.07. The lowest BCUT2D eigenvalue weighted by atomic mass is 9.83. The maximum absolute atomic E-state index is 11.2. The monoisotopic (exact) mass is 381 g/mol. The number of hydrogen-bond donors (Lipinski definition) is 0. The second-order valence-corrected chi connectivity index (χ2v) is 9.07. The van der Waals surface area contributed by atoms with Gasteiger partial charge in [-0.1, -0.05) is 136 Å². The highest BCUT2D eigenvalue weighted by molar-refractivity contribution is 4.68. The first-order chi connectivity index (χ1) is 13.3. The minimum absolute atomic E-state index is 0.132. The standard InChI is InChI=1S/C26H53O/c1-4-7-10-11-12-13-14-15-16-17-18-21-25(19-8-5-2)24-26(22-23-27)20-9-6-3/h25-26H,4-24H2,1-3H3. The summed E-state index contributed by atoms with van der Waals surface area (Å²) in [5, 5.41) is 11.2. The van der Waals surface area contributed by atoms with Gasteiger partial charge in [0.15, 0.2) is 0 Å². The molecule has 0 saturated carbocycles. The highest BCUT2D eigenvalue weighted by Crippen LogP contribution is 2.29. The third-order valence-electron chi connectivity index (χ3n) is 6.34. The van der Waals surface area contributed by atoms with Crippen LogP contribution in [0.4, 0.5) is 0 Å². The summed E-state index contributed by atoms with van der Waals surface area (Å²) in [7, 11) is 0. The Morgan fingerprint density at radius 1 is 0.444 bits per heavy atom. The van der Waals surface area contributed by atoms with E-state index in [9.17, 15) is 5.11 Å². The van der Waals surface area contributed by atoms with Gasteiger partial charge in [0.05, 0.1) is 6.61 Å². The quantitative estimate of drug-likeness (QED) is 0.166. The van der Waals surface area contributed by atoms with Crippen molar-refractivity contribution in [2.24, 2.45) is 11.8 Å². The summed E-state index contributed by atoms with van der Waals surface area (Å²) in [4.78, 5) is 0. The normalized spacial score (nSPS) is 13.8. The van der Waals surface area contributed by atoms with Gasteiger partial charge in [0.2, 0.25) is 0 Å². The number of rotatable bonds is 22. The van der Waals surface area contributed by atoms with Crippen LogP contribution in [0.15, 0.2) is 0 Å². The zero-order chi connectivity index (χ0) is 20.0. The molecule has 0 aromatic carbocycles. The van der Waals surface area contributed by atoms with E-state index in [2.05, 4.69) is 20.8 Å². The predicted octanol–water partition coefficient (Wildman–Crippen LogP) is 9.51. The van der Waals surface area contributed by atoms with Crippen molar-refractivity contribution in [2.75, 3.05) is 6.61 Å². The van der Waals surface area contributed by atoms with E-state index < -0.39 is 0 Å². The first kappa shape index (κ1) is 27.0. The third-order valence-corrected chi connectivity index (χ3v) is 6.34. The van der Waals surface area contributed by atoms with Crippen LogP contribution in [0.1, 0.15) is 149 Å². The Balaban J connectivity index is 3.82. The molecule has 0 saturated heterocycles. The molecule has 2 unspecified atom stereocenters. The lowest BCUT2D eigenvalue weighted by Crippen LogP contribution is -2.11. The first-order valence-corrected chi connectivity index (χ1v) is 12.9. The maximum Gasteiger partial charge on any atom is 0.0825 e. The van der Waals surface area contributed by atoms with Crippen molar-refractivity contribution in [1.82, 2.24) is 0 Å². The van der Waals surface area contributed by atoms with Gasteiger partial charge in [0.25, 0.3) is 0 Å². The first-order valence-electron chi connectivity index (χ1n) is 12.9. The minimum atomic E-state index is 0.132. The SMILES string of the molecule is CCCCCCCCCCCCCC(CCCC)CC(CC[O])CCCC. The molecule has 1 radical (unpaired) electrons. The van der Waals surface area contributed by atoms with E-state index in [0.29, 0.717) is 5.92 Å². The highest BCUT2D eigenvalue weighted by atomic mass is 16.3. The van der Waals surface area contributed by atoms with Gasteiger partial charge >= 0.3 is 0 Å². The van der Waals surface area contributed by atoms with Gasteiger partial charge < -0.3 is 0 Å². The van der Waals surface area contributed by atoms with E-state index in [1.807, 2.05) is 0 Å². The molecule has 27 heavy (non-hydrogen) atoms. The molecule has 0 fully saturated rings. The van der Waals surface area contributed by atoms with E-state index >= 15 is 0 Å². The molecule has 0 rings (SSSR count). The fourth-order valence-corrected chi connectivity index (χ4v) is 4.48. The molecule has 0 aliphatic carbocycles. The van der Waals surface area contributed by atoms with Crippen molar-refractivity contribution in [2.45, 2.75) is 149 Å². The number of hydrogen-bond acceptors (Lipinski definition) is 0. The summed E-state index contributed by atoms with van der Waals surface area (Å²) in [6, 6.07) is 0. The van der Waals surface area contributed by atoms with E-state index in [0.717, 1.165) is 12.3 Å². The second kappa shape index (κ2) is 22.3. The van der Waals surface area contributed by atoms with Gasteiger partial charge in [-0.25, -0.2) is 5.11 Å². The Bertz CT molecular complexity index is 263. The molecule has 0 heterocycles. The Morgan fingerprint density at radius 2 is 0.815 bits per heavy atom. The Hall–Kier alpha value is -0.0400. The Kier molecular flexibility index (Phi) is 22.2. The van der Waals surface area contributed by atoms with Crippen molar-refractivity contribution in [3.05, 3.63) is 0 Å². The van der Waals surface area contributed by atoms with E-state index in [-0.39, 0.29) is 6.61 Å². The van der Waals surface area contributed by atoms with Crippen LogP contribution < -0.4 is 0 Å². The highest BCUT2D eigenvalue weighted by Gasteiger charge is 2.16. The summed E-state index contributed by atoms with van der Waals surface area (Å²) in [6.45, 7) is 7.01. The molecule has 1 heteroatoms. The van der Waals surface area contributed by atoms with Crippen molar-refractivity contribution in [1.29, 1.82) is 0 Å². The molecule has 0 aromatic rings. The average Bonchev–Trinajstić information content (AvgIpc) is 2.68. The molecular weight excluding hydrogens is 328 g/mol. The Morgan fingerprint density at radius 3 is 1.26 bits per heavy atom. The lowest BCUT2D eigenvalue weighted by Gasteiger charge is -2.23. The lowest BCUT2D eigenvalue weighted by molar-refractivity contribution is 0.156.